The van der Waals surface area contributed by atoms with Crippen LogP contribution in [0.3, 0.4) is 0 Å². The number of hydrogen-bond acceptors (Lipinski definition) is 2. The highest BCUT2D eigenvalue weighted by Gasteiger charge is 2.24. The number of rotatable bonds is 8. The van der Waals surface area contributed by atoms with E-state index in [1.807, 2.05) is 0 Å². The van der Waals surface area contributed by atoms with Gasteiger partial charge in [0.1, 0.15) is 0 Å². The number of nitrogens with zero attached hydrogens (tertiary/aromatic N) is 4. The van der Waals surface area contributed by atoms with Crippen LogP contribution in [0, 0.1) is 0 Å². The number of fused-ring (bicyclic) bond motifs is 8. The van der Waals surface area contributed by atoms with Crippen LogP contribution < -0.4 is 9.80 Å². The first-order valence-corrected chi connectivity index (χ1v) is 21.8. The molecule has 62 heavy (non-hydrogen) atoms. The zero-order chi connectivity index (χ0) is 41.0. The maximum atomic E-state index is 2.54. The lowest BCUT2D eigenvalue weighted by Crippen LogP contribution is -2.19. The molecule has 2 aliphatic carbocycles. The van der Waals surface area contributed by atoms with Gasteiger partial charge in [0, 0.05) is 55.7 Å². The molecule has 4 heteroatoms. The van der Waals surface area contributed by atoms with E-state index in [4.69, 9.17) is 0 Å². The summed E-state index contributed by atoms with van der Waals surface area (Å²) < 4.78 is 5.05. The lowest BCUT2D eigenvalue weighted by molar-refractivity contribution is 0.917. The van der Waals surface area contributed by atoms with Gasteiger partial charge in [-0.3, -0.25) is 0 Å². The van der Waals surface area contributed by atoms with Crippen LogP contribution in [0.2, 0.25) is 0 Å². The number of aromatic nitrogens is 2. The molecule has 0 bridgehead atoms. The van der Waals surface area contributed by atoms with Gasteiger partial charge in [0.2, 0.25) is 0 Å². The molecular weight excluding hydrogens is 753 g/mol. The topological polar surface area (TPSA) is 16.3 Å². The van der Waals surface area contributed by atoms with Crippen molar-refractivity contribution in [2.45, 2.75) is 25.7 Å². The summed E-state index contributed by atoms with van der Waals surface area (Å²) in [7, 11) is 0. The van der Waals surface area contributed by atoms with E-state index in [1.165, 1.54) is 65.8 Å². The lowest BCUT2D eigenvalue weighted by Gasteiger charge is -2.32. The van der Waals surface area contributed by atoms with Gasteiger partial charge in [0.15, 0.2) is 0 Å². The zero-order valence-corrected chi connectivity index (χ0v) is 34.4. The highest BCUT2D eigenvalue weighted by Crippen LogP contribution is 2.46. The third kappa shape index (κ3) is 5.98. The molecule has 0 unspecified atom stereocenters. The Morgan fingerprint density at radius 1 is 0.371 bits per heavy atom. The number of allylic oxidation sites excluding steroid dienone is 8. The maximum Gasteiger partial charge on any atom is 0.0562 e. The Morgan fingerprint density at radius 3 is 1.65 bits per heavy atom. The second-order valence-corrected chi connectivity index (χ2v) is 16.4. The third-order valence-corrected chi connectivity index (χ3v) is 12.7. The van der Waals surface area contributed by atoms with Gasteiger partial charge in [-0.2, -0.15) is 0 Å². The molecule has 8 aromatic carbocycles. The van der Waals surface area contributed by atoms with Crippen molar-refractivity contribution in [3.05, 3.63) is 224 Å². The quantitative estimate of drug-likeness (QED) is 0.152. The van der Waals surface area contributed by atoms with E-state index in [-0.39, 0.29) is 0 Å². The first-order chi connectivity index (χ1) is 30.8. The monoisotopic (exact) mass is 796 g/mol. The maximum absolute atomic E-state index is 2.54. The van der Waals surface area contributed by atoms with E-state index in [2.05, 4.69) is 237 Å². The molecule has 0 amide bonds. The van der Waals surface area contributed by atoms with Crippen molar-refractivity contribution in [3.63, 3.8) is 0 Å². The Bertz CT molecular complexity index is 3420. The smallest absolute Gasteiger partial charge is 0.0562 e. The first-order valence-electron chi connectivity index (χ1n) is 21.8. The van der Waals surface area contributed by atoms with Gasteiger partial charge in [0.05, 0.1) is 33.4 Å². The number of benzene rings is 8. The Labute approximate surface area is 361 Å². The van der Waals surface area contributed by atoms with Gasteiger partial charge < -0.3 is 18.9 Å². The van der Waals surface area contributed by atoms with E-state index in [0.29, 0.717) is 0 Å². The Morgan fingerprint density at radius 2 is 0.968 bits per heavy atom. The molecule has 2 aromatic heterocycles. The van der Waals surface area contributed by atoms with Crippen LogP contribution >= 0.6 is 0 Å². The van der Waals surface area contributed by atoms with Crippen LogP contribution in [0.25, 0.3) is 65.8 Å². The second-order valence-electron chi connectivity index (χ2n) is 16.4. The molecule has 2 aliphatic rings. The summed E-state index contributed by atoms with van der Waals surface area (Å²) >= 11 is 0. The van der Waals surface area contributed by atoms with E-state index in [0.717, 1.165) is 59.8 Å². The van der Waals surface area contributed by atoms with Gasteiger partial charge in [0.25, 0.3) is 0 Å². The van der Waals surface area contributed by atoms with Crippen molar-refractivity contribution in [2.24, 2.45) is 0 Å². The van der Waals surface area contributed by atoms with E-state index >= 15 is 0 Å². The molecule has 0 saturated carbocycles. The highest BCUT2D eigenvalue weighted by molar-refractivity contribution is 6.25. The van der Waals surface area contributed by atoms with Gasteiger partial charge in [-0.1, -0.05) is 127 Å². The molecule has 0 spiro atoms. The fourth-order valence-corrected chi connectivity index (χ4v) is 10.0. The summed E-state index contributed by atoms with van der Waals surface area (Å²) in [5.41, 5.74) is 14.0. The molecule has 2 heterocycles. The number of anilines is 5. The highest BCUT2D eigenvalue weighted by atomic mass is 15.2. The van der Waals surface area contributed by atoms with E-state index in [9.17, 15) is 0 Å². The summed E-state index contributed by atoms with van der Waals surface area (Å²) in [4.78, 5) is 4.85. The fraction of sp³-hybridized carbons (Fsp3) is 0.0690. The van der Waals surface area contributed by atoms with E-state index < -0.39 is 0 Å². The molecule has 0 saturated heterocycles. The zero-order valence-electron chi connectivity index (χ0n) is 34.4. The summed E-state index contributed by atoms with van der Waals surface area (Å²) in [6, 6.07) is 66.9. The third-order valence-electron chi connectivity index (χ3n) is 12.7. The van der Waals surface area contributed by atoms with Crippen molar-refractivity contribution >= 4 is 88.5 Å². The molecule has 0 fully saturated rings. The molecule has 0 radical (unpaired) electrons. The predicted molar refractivity (Wildman–Crippen MR) is 264 cm³/mol. The van der Waals surface area contributed by atoms with Crippen molar-refractivity contribution < 1.29 is 0 Å². The minimum absolute atomic E-state index is 0.948. The summed E-state index contributed by atoms with van der Waals surface area (Å²) in [6.45, 7) is 0. The Hall–Kier alpha value is -7.82. The normalized spacial score (nSPS) is 13.9. The summed E-state index contributed by atoms with van der Waals surface area (Å²) in [6.07, 6.45) is 17.5. The van der Waals surface area contributed by atoms with Crippen molar-refractivity contribution in [1.82, 2.24) is 9.13 Å². The van der Waals surface area contributed by atoms with Crippen LogP contribution in [0.4, 0.5) is 28.4 Å². The largest absolute Gasteiger partial charge is 0.314 e. The SMILES string of the molecule is C1=CCCC(N(c2ccccc2)c2cc(N(c3ccccc3)c3ccccc3)cc(-n3c4ccccc4c4cc5c6c7ccccc7ccc6n(C6=CC=CCC6)c5cc43)c2)=C1. The molecular formula is C58H44N4. The molecule has 0 aliphatic heterocycles. The second kappa shape index (κ2) is 15.0. The van der Waals surface area contributed by atoms with Crippen LogP contribution in [-0.4, -0.2) is 9.13 Å². The fourth-order valence-electron chi connectivity index (χ4n) is 10.0. The minimum Gasteiger partial charge on any atom is -0.314 e. The molecule has 0 atom stereocenters. The number of hydrogen-bond donors (Lipinski definition) is 0. The predicted octanol–water partition coefficient (Wildman–Crippen LogP) is 16.1. The molecule has 4 nitrogen and oxygen atoms in total. The van der Waals surface area contributed by atoms with Gasteiger partial charge in [-0.25, -0.2) is 0 Å². The summed E-state index contributed by atoms with van der Waals surface area (Å²) in [5.74, 6) is 0. The average molecular weight is 797 g/mol. The Balaban J connectivity index is 1.20. The molecule has 10 aromatic rings. The summed E-state index contributed by atoms with van der Waals surface area (Å²) in [5, 5.41) is 7.62. The van der Waals surface area contributed by atoms with Crippen LogP contribution in [0.1, 0.15) is 25.7 Å². The van der Waals surface area contributed by atoms with Crippen molar-refractivity contribution in [3.8, 4) is 5.69 Å². The first kappa shape index (κ1) is 36.1. The van der Waals surface area contributed by atoms with Gasteiger partial charge in [-0.15, -0.1) is 0 Å². The van der Waals surface area contributed by atoms with Gasteiger partial charge in [-0.05, 0) is 127 Å². The van der Waals surface area contributed by atoms with Crippen LogP contribution in [0.5, 0.6) is 0 Å². The van der Waals surface area contributed by atoms with Crippen LogP contribution in [-0.2, 0) is 0 Å². The Kier molecular flexibility index (Phi) is 8.74. The standard InChI is InChI=1S/C58H44N4/c1-6-21-42(22-7-1)59(43-23-8-2-9-24-43)47-36-48(60(44-25-10-3-11-26-44)45-27-12-4-13-28-45)38-49(37-47)62-54-33-19-18-32-51(54)52-39-53-57(40-56(52)62)61(46-29-14-5-15-30-46)55-35-34-41-20-16-17-31-50(41)58(53)55/h1-12,14,16-27,29,31-40H,13,15,28,30H2. The molecule has 12 rings (SSSR count). The van der Waals surface area contributed by atoms with E-state index in [1.54, 1.807) is 0 Å². The molecule has 296 valence electrons. The van der Waals surface area contributed by atoms with Crippen molar-refractivity contribution in [1.29, 1.82) is 0 Å². The molecule has 0 N–H and O–H groups in total. The van der Waals surface area contributed by atoms with Crippen molar-refractivity contribution in [2.75, 3.05) is 9.80 Å². The number of para-hydroxylation sites is 4. The average Bonchev–Trinajstić information content (AvgIpc) is 3.85. The lowest BCUT2D eigenvalue weighted by atomic mass is 10.0. The minimum atomic E-state index is 0.948. The van der Waals surface area contributed by atoms with Crippen LogP contribution in [0.15, 0.2) is 224 Å². The van der Waals surface area contributed by atoms with Gasteiger partial charge >= 0.3 is 0 Å².